The van der Waals surface area contributed by atoms with Crippen molar-refractivity contribution in [3.63, 3.8) is 0 Å². The number of thioether (sulfide) groups is 1. The third-order valence-corrected chi connectivity index (χ3v) is 5.34. The van der Waals surface area contributed by atoms with E-state index in [4.69, 9.17) is 0 Å². The zero-order valence-electron chi connectivity index (χ0n) is 12.0. The highest BCUT2D eigenvalue weighted by Gasteiger charge is 2.35. The van der Waals surface area contributed by atoms with E-state index in [9.17, 15) is 9.90 Å². The van der Waals surface area contributed by atoms with Crippen LogP contribution in [0.2, 0.25) is 0 Å². The van der Waals surface area contributed by atoms with Gasteiger partial charge in [-0.15, -0.1) is 0 Å². The zero-order chi connectivity index (χ0) is 13.5. The Morgan fingerprint density at radius 2 is 2.11 bits per heavy atom. The minimum Gasteiger partial charge on any atom is -0.481 e. The Balaban J connectivity index is 2.47. The van der Waals surface area contributed by atoms with Gasteiger partial charge >= 0.3 is 5.97 Å². The smallest absolute Gasteiger partial charge is 0.306 e. The van der Waals surface area contributed by atoms with E-state index in [1.165, 1.54) is 17.9 Å². The van der Waals surface area contributed by atoms with Crippen LogP contribution >= 0.6 is 11.8 Å². The Labute approximate surface area is 116 Å². The van der Waals surface area contributed by atoms with Gasteiger partial charge in [-0.3, -0.25) is 4.79 Å². The van der Waals surface area contributed by atoms with Crippen LogP contribution in [0.3, 0.4) is 0 Å². The van der Waals surface area contributed by atoms with Crippen LogP contribution in [0, 0.1) is 23.7 Å². The summed E-state index contributed by atoms with van der Waals surface area (Å²) in [5, 5.41) is 9.33. The summed E-state index contributed by atoms with van der Waals surface area (Å²) in [5.41, 5.74) is 0. The van der Waals surface area contributed by atoms with E-state index < -0.39 is 5.97 Å². The van der Waals surface area contributed by atoms with Crippen molar-refractivity contribution in [3.8, 4) is 0 Å². The monoisotopic (exact) mass is 272 g/mol. The fourth-order valence-electron chi connectivity index (χ4n) is 3.14. The second-order valence-electron chi connectivity index (χ2n) is 5.86. The van der Waals surface area contributed by atoms with Crippen molar-refractivity contribution in [3.05, 3.63) is 0 Å². The van der Waals surface area contributed by atoms with E-state index in [2.05, 4.69) is 20.8 Å². The van der Waals surface area contributed by atoms with Crippen LogP contribution in [0.5, 0.6) is 0 Å². The molecule has 0 heterocycles. The SMILES string of the molecule is CCSCCCC1CC(C(C)C)CCC1C(=O)O. The molecule has 1 aliphatic carbocycles. The van der Waals surface area contributed by atoms with Gasteiger partial charge in [0.25, 0.3) is 0 Å². The van der Waals surface area contributed by atoms with Crippen LogP contribution in [0.15, 0.2) is 0 Å². The van der Waals surface area contributed by atoms with Crippen LogP contribution < -0.4 is 0 Å². The number of carboxylic acid groups (broad SMARTS) is 1. The van der Waals surface area contributed by atoms with Crippen molar-refractivity contribution >= 4 is 17.7 Å². The summed E-state index contributed by atoms with van der Waals surface area (Å²) in [4.78, 5) is 11.3. The Bertz CT molecular complexity index is 253. The molecule has 3 heteroatoms. The Morgan fingerprint density at radius 1 is 1.39 bits per heavy atom. The highest BCUT2D eigenvalue weighted by molar-refractivity contribution is 7.99. The van der Waals surface area contributed by atoms with Gasteiger partial charge in [-0.1, -0.05) is 20.8 Å². The average Bonchev–Trinajstić information content (AvgIpc) is 2.34. The predicted octanol–water partition coefficient (Wildman–Crippen LogP) is 4.29. The number of carbonyl (C=O) groups is 1. The van der Waals surface area contributed by atoms with E-state index in [0.29, 0.717) is 11.8 Å². The lowest BCUT2D eigenvalue weighted by Gasteiger charge is -2.36. The van der Waals surface area contributed by atoms with Crippen LogP contribution in [0.4, 0.5) is 0 Å². The number of rotatable bonds is 7. The molecule has 1 N–H and O–H groups in total. The Morgan fingerprint density at radius 3 is 2.67 bits per heavy atom. The van der Waals surface area contributed by atoms with Crippen molar-refractivity contribution in [2.75, 3.05) is 11.5 Å². The van der Waals surface area contributed by atoms with E-state index in [-0.39, 0.29) is 5.92 Å². The summed E-state index contributed by atoms with van der Waals surface area (Å²) in [6.07, 6.45) is 5.41. The van der Waals surface area contributed by atoms with Crippen molar-refractivity contribution < 1.29 is 9.90 Å². The molecule has 0 aliphatic heterocycles. The Hall–Kier alpha value is -0.180. The van der Waals surface area contributed by atoms with E-state index in [1.807, 2.05) is 11.8 Å². The first-order valence-electron chi connectivity index (χ1n) is 7.36. The van der Waals surface area contributed by atoms with Crippen LogP contribution in [-0.2, 0) is 4.79 Å². The molecule has 1 rings (SSSR count). The molecule has 0 aromatic carbocycles. The van der Waals surface area contributed by atoms with Crippen molar-refractivity contribution in [2.24, 2.45) is 23.7 Å². The third-order valence-electron chi connectivity index (χ3n) is 4.35. The molecule has 0 bridgehead atoms. The largest absolute Gasteiger partial charge is 0.481 e. The fourth-order valence-corrected chi connectivity index (χ4v) is 3.80. The summed E-state index contributed by atoms with van der Waals surface area (Å²) in [7, 11) is 0. The molecule has 1 aliphatic rings. The highest BCUT2D eigenvalue weighted by Crippen LogP contribution is 2.40. The van der Waals surface area contributed by atoms with Gasteiger partial charge in [0.1, 0.15) is 0 Å². The lowest BCUT2D eigenvalue weighted by molar-refractivity contribution is -0.145. The van der Waals surface area contributed by atoms with Crippen LogP contribution in [0.1, 0.15) is 52.9 Å². The van der Waals surface area contributed by atoms with Crippen molar-refractivity contribution in [1.82, 2.24) is 0 Å². The van der Waals surface area contributed by atoms with E-state index in [0.717, 1.165) is 31.6 Å². The van der Waals surface area contributed by atoms with Gasteiger partial charge in [-0.25, -0.2) is 0 Å². The molecule has 0 amide bonds. The zero-order valence-corrected chi connectivity index (χ0v) is 12.8. The van der Waals surface area contributed by atoms with E-state index >= 15 is 0 Å². The average molecular weight is 272 g/mol. The molecule has 18 heavy (non-hydrogen) atoms. The quantitative estimate of drug-likeness (QED) is 0.702. The molecule has 3 unspecified atom stereocenters. The summed E-state index contributed by atoms with van der Waals surface area (Å²) in [5.74, 6) is 3.57. The maximum atomic E-state index is 11.3. The first-order chi connectivity index (χ1) is 8.56. The molecule has 2 nitrogen and oxygen atoms in total. The summed E-state index contributed by atoms with van der Waals surface area (Å²) < 4.78 is 0. The summed E-state index contributed by atoms with van der Waals surface area (Å²) in [6, 6.07) is 0. The van der Waals surface area contributed by atoms with Gasteiger partial charge in [0.2, 0.25) is 0 Å². The lowest BCUT2D eigenvalue weighted by Crippen LogP contribution is -2.32. The Kier molecular flexibility index (Phi) is 7.13. The van der Waals surface area contributed by atoms with Gasteiger partial charge in [0.05, 0.1) is 5.92 Å². The molecule has 0 spiro atoms. The first kappa shape index (κ1) is 15.9. The fraction of sp³-hybridized carbons (Fsp3) is 0.933. The van der Waals surface area contributed by atoms with Gasteiger partial charge in [-0.2, -0.15) is 11.8 Å². The topological polar surface area (TPSA) is 37.3 Å². The number of aliphatic carboxylic acids is 1. The second kappa shape index (κ2) is 8.08. The van der Waals surface area contributed by atoms with Gasteiger partial charge < -0.3 is 5.11 Å². The normalized spacial score (nSPS) is 28.6. The number of hydrogen-bond acceptors (Lipinski definition) is 2. The highest BCUT2D eigenvalue weighted by atomic mass is 32.2. The molecule has 0 radical (unpaired) electrons. The first-order valence-corrected chi connectivity index (χ1v) is 8.52. The molecule has 1 saturated carbocycles. The molecule has 1 fully saturated rings. The number of hydrogen-bond donors (Lipinski definition) is 1. The maximum absolute atomic E-state index is 11.3. The van der Waals surface area contributed by atoms with Gasteiger partial charge in [0, 0.05) is 0 Å². The molecule has 0 aromatic rings. The lowest BCUT2D eigenvalue weighted by atomic mass is 9.69. The standard InChI is InChI=1S/C15H28O2S/c1-4-18-9-5-6-13-10-12(11(2)3)7-8-14(13)15(16)17/h11-14H,4-10H2,1-3H3,(H,16,17). The minimum absolute atomic E-state index is 0.0772. The molecular weight excluding hydrogens is 244 g/mol. The maximum Gasteiger partial charge on any atom is 0.306 e. The number of carboxylic acids is 1. The van der Waals surface area contributed by atoms with Crippen molar-refractivity contribution in [2.45, 2.75) is 52.9 Å². The molecule has 106 valence electrons. The summed E-state index contributed by atoms with van der Waals surface area (Å²) >= 11 is 1.97. The molecule has 0 saturated heterocycles. The third kappa shape index (κ3) is 4.83. The van der Waals surface area contributed by atoms with Crippen molar-refractivity contribution in [1.29, 1.82) is 0 Å². The molecule has 3 atom stereocenters. The second-order valence-corrected chi connectivity index (χ2v) is 7.25. The minimum atomic E-state index is -0.564. The van der Waals surface area contributed by atoms with E-state index in [1.54, 1.807) is 0 Å². The van der Waals surface area contributed by atoms with Crippen LogP contribution in [0.25, 0.3) is 0 Å². The van der Waals surface area contributed by atoms with Gasteiger partial charge in [-0.05, 0) is 61.4 Å². The predicted molar refractivity (Wildman–Crippen MR) is 79.0 cm³/mol. The van der Waals surface area contributed by atoms with Gasteiger partial charge in [0.15, 0.2) is 0 Å². The summed E-state index contributed by atoms with van der Waals surface area (Å²) in [6.45, 7) is 6.73. The molecular formula is C15H28O2S. The molecule has 0 aromatic heterocycles. The van der Waals surface area contributed by atoms with Crippen LogP contribution in [-0.4, -0.2) is 22.6 Å².